The number of aromatic amines is 2. The van der Waals surface area contributed by atoms with Crippen LogP contribution in [0.2, 0.25) is 0 Å². The molecule has 4 amide bonds. The van der Waals surface area contributed by atoms with Gasteiger partial charge in [0.1, 0.15) is 0 Å². The number of amides is 4. The molecule has 14 heteroatoms. The number of H-pyrrole nitrogens is 2. The van der Waals surface area contributed by atoms with E-state index in [2.05, 4.69) is 30.8 Å². The molecular weight excluding hydrogens is 580 g/mol. The molecule has 14 nitrogen and oxygen atoms in total. The van der Waals surface area contributed by atoms with Crippen LogP contribution in [-0.2, 0) is 4.79 Å². The lowest BCUT2D eigenvalue weighted by molar-refractivity contribution is -0.116. The second-order valence-corrected chi connectivity index (χ2v) is 9.71. The molecule has 45 heavy (non-hydrogen) atoms. The fraction of sp³-hybridized carbons (Fsp3) is 0.0323. The predicted octanol–water partition coefficient (Wildman–Crippen LogP) is 3.28. The van der Waals surface area contributed by atoms with Gasteiger partial charge in [-0.05, 0) is 60.7 Å². The predicted molar refractivity (Wildman–Crippen MR) is 164 cm³/mol. The van der Waals surface area contributed by atoms with Gasteiger partial charge in [0, 0.05) is 33.6 Å². The van der Waals surface area contributed by atoms with Crippen LogP contribution in [0.1, 0.15) is 41.4 Å². The second kappa shape index (κ2) is 12.7. The quantitative estimate of drug-likeness (QED) is 0.0794. The molecule has 0 saturated carbocycles. The first-order valence-electron chi connectivity index (χ1n) is 13.3. The Morgan fingerprint density at radius 3 is 1.93 bits per heavy atom. The number of carbonyl (C=O) groups excluding carboxylic acids is 5. The number of hydrogen-bond donors (Lipinski definition) is 6. The largest absolute Gasteiger partial charge is 0.366 e. The van der Waals surface area contributed by atoms with Gasteiger partial charge in [-0.3, -0.25) is 24.0 Å². The SMILES string of the molecule is NC(=O)c1cc(NC(=O)c2ccc(N=NC(C(=O)Nc3ccc4[nH]c(=O)[nH]c4c3)C(=O)c3ccccc3)cc2)cc(C(N)=O)c1. The fourth-order valence-electron chi connectivity index (χ4n) is 4.30. The molecule has 0 fully saturated rings. The summed E-state index contributed by atoms with van der Waals surface area (Å²) in [5.74, 6) is -3.54. The Hall–Kier alpha value is -6.70. The number of benzene rings is 4. The van der Waals surface area contributed by atoms with E-state index in [0.717, 1.165) is 0 Å². The molecule has 0 bridgehead atoms. The minimum absolute atomic E-state index is 0.0130. The summed E-state index contributed by atoms with van der Waals surface area (Å²) in [6.07, 6.45) is 0. The molecule has 0 radical (unpaired) electrons. The average molecular weight is 605 g/mol. The van der Waals surface area contributed by atoms with Gasteiger partial charge in [-0.1, -0.05) is 30.3 Å². The van der Waals surface area contributed by atoms with Crippen LogP contribution in [0.4, 0.5) is 17.1 Å². The number of fused-ring (bicyclic) bond motifs is 1. The van der Waals surface area contributed by atoms with Crippen LogP contribution in [0.5, 0.6) is 0 Å². The third-order valence-electron chi connectivity index (χ3n) is 6.52. The van der Waals surface area contributed by atoms with Crippen molar-refractivity contribution in [3.05, 3.63) is 124 Å². The van der Waals surface area contributed by atoms with E-state index in [1.807, 2.05) is 0 Å². The van der Waals surface area contributed by atoms with Gasteiger partial charge in [-0.15, -0.1) is 0 Å². The average Bonchev–Trinajstić information content (AvgIpc) is 3.40. The number of nitrogens with zero attached hydrogens (tertiary/aromatic N) is 2. The Morgan fingerprint density at radius 2 is 1.29 bits per heavy atom. The molecule has 0 aliphatic carbocycles. The molecule has 5 rings (SSSR count). The summed E-state index contributed by atoms with van der Waals surface area (Å²) in [5, 5.41) is 13.3. The fourth-order valence-corrected chi connectivity index (χ4v) is 4.30. The Kier molecular flexibility index (Phi) is 8.38. The van der Waals surface area contributed by atoms with Crippen molar-refractivity contribution in [3.63, 3.8) is 0 Å². The normalized spacial score (nSPS) is 11.6. The number of Topliss-reactive ketones (excluding diaryl/α,β-unsaturated/α-hetero) is 1. The van der Waals surface area contributed by atoms with Crippen LogP contribution >= 0.6 is 0 Å². The standard InChI is InChI=1S/C31H24N8O6/c32-27(41)18-12-19(28(33)42)14-22(13-18)35-29(43)17-6-8-20(9-7-17)38-39-25(26(40)16-4-2-1-3-5-16)30(44)34-21-10-11-23-24(15-21)37-31(45)36-23/h1-15,25H,(H2,32,41)(H2,33,42)(H,34,44)(H,35,43)(H2,36,37,45). The third kappa shape index (κ3) is 7.03. The summed E-state index contributed by atoms with van der Waals surface area (Å²) in [5.41, 5.74) is 12.3. The molecule has 8 N–H and O–H groups in total. The van der Waals surface area contributed by atoms with Gasteiger partial charge in [0.15, 0.2) is 5.78 Å². The number of azo groups is 1. The van der Waals surface area contributed by atoms with Crippen molar-refractivity contribution in [1.82, 2.24) is 9.97 Å². The molecule has 4 aromatic carbocycles. The Balaban J connectivity index is 1.34. The van der Waals surface area contributed by atoms with Crippen molar-refractivity contribution < 1.29 is 24.0 Å². The van der Waals surface area contributed by atoms with Crippen LogP contribution in [-0.4, -0.2) is 45.4 Å². The molecule has 1 heterocycles. The maximum absolute atomic E-state index is 13.3. The monoisotopic (exact) mass is 604 g/mol. The van der Waals surface area contributed by atoms with Crippen molar-refractivity contribution in [3.8, 4) is 0 Å². The van der Waals surface area contributed by atoms with E-state index in [1.54, 1.807) is 42.5 Å². The number of anilines is 2. The van der Waals surface area contributed by atoms with Crippen LogP contribution in [0.25, 0.3) is 11.0 Å². The maximum atomic E-state index is 13.3. The zero-order chi connectivity index (χ0) is 32.1. The van der Waals surface area contributed by atoms with Crippen LogP contribution in [0, 0.1) is 0 Å². The molecule has 224 valence electrons. The maximum Gasteiger partial charge on any atom is 0.323 e. The van der Waals surface area contributed by atoms with Gasteiger partial charge in [-0.2, -0.15) is 10.2 Å². The van der Waals surface area contributed by atoms with E-state index < -0.39 is 41.1 Å². The van der Waals surface area contributed by atoms with Crippen molar-refractivity contribution >= 4 is 57.5 Å². The van der Waals surface area contributed by atoms with E-state index in [4.69, 9.17) is 11.5 Å². The first kappa shape index (κ1) is 29.8. The molecule has 0 aliphatic heterocycles. The van der Waals surface area contributed by atoms with Crippen molar-refractivity contribution in [2.45, 2.75) is 6.04 Å². The van der Waals surface area contributed by atoms with Gasteiger partial charge < -0.3 is 32.1 Å². The molecule has 1 unspecified atom stereocenters. The first-order chi connectivity index (χ1) is 21.6. The smallest absolute Gasteiger partial charge is 0.323 e. The number of aromatic nitrogens is 2. The zero-order valence-electron chi connectivity index (χ0n) is 23.2. The molecule has 0 aliphatic rings. The topological polar surface area (TPSA) is 235 Å². The molecular formula is C31H24N8O6. The highest BCUT2D eigenvalue weighted by Gasteiger charge is 2.28. The summed E-state index contributed by atoms with van der Waals surface area (Å²) >= 11 is 0. The number of nitrogens with one attached hydrogen (secondary N) is 4. The van der Waals surface area contributed by atoms with Crippen LogP contribution in [0.3, 0.4) is 0 Å². The van der Waals surface area contributed by atoms with Crippen molar-refractivity contribution in [2.24, 2.45) is 21.7 Å². The van der Waals surface area contributed by atoms with E-state index in [1.165, 1.54) is 48.5 Å². The van der Waals surface area contributed by atoms with Gasteiger partial charge in [0.2, 0.25) is 17.9 Å². The minimum atomic E-state index is -1.56. The Morgan fingerprint density at radius 1 is 0.644 bits per heavy atom. The van der Waals surface area contributed by atoms with E-state index in [-0.39, 0.29) is 33.6 Å². The van der Waals surface area contributed by atoms with Gasteiger partial charge in [0.25, 0.3) is 11.8 Å². The molecule has 1 atom stereocenters. The minimum Gasteiger partial charge on any atom is -0.366 e. The molecule has 5 aromatic rings. The van der Waals surface area contributed by atoms with Gasteiger partial charge >= 0.3 is 5.69 Å². The highest BCUT2D eigenvalue weighted by Crippen LogP contribution is 2.20. The van der Waals surface area contributed by atoms with Gasteiger partial charge in [0.05, 0.1) is 16.7 Å². The molecule has 0 spiro atoms. The van der Waals surface area contributed by atoms with E-state index in [0.29, 0.717) is 16.7 Å². The molecule has 1 aromatic heterocycles. The summed E-state index contributed by atoms with van der Waals surface area (Å²) in [7, 11) is 0. The lowest BCUT2D eigenvalue weighted by atomic mass is 10.0. The third-order valence-corrected chi connectivity index (χ3v) is 6.52. The summed E-state index contributed by atoms with van der Waals surface area (Å²) in [6.45, 7) is 0. The lowest BCUT2D eigenvalue weighted by Gasteiger charge is -2.12. The van der Waals surface area contributed by atoms with Crippen molar-refractivity contribution in [1.29, 1.82) is 0 Å². The number of hydrogen-bond acceptors (Lipinski definition) is 8. The zero-order valence-corrected chi connectivity index (χ0v) is 23.2. The van der Waals surface area contributed by atoms with E-state index in [9.17, 15) is 28.8 Å². The second-order valence-electron chi connectivity index (χ2n) is 9.71. The van der Waals surface area contributed by atoms with E-state index >= 15 is 0 Å². The van der Waals surface area contributed by atoms with Gasteiger partial charge in [-0.25, -0.2) is 4.79 Å². The lowest BCUT2D eigenvalue weighted by Crippen LogP contribution is -2.33. The number of nitrogens with two attached hydrogens (primary N) is 2. The first-order valence-corrected chi connectivity index (χ1v) is 13.3. The number of rotatable bonds is 10. The number of imidazole rings is 1. The highest BCUT2D eigenvalue weighted by atomic mass is 16.2. The summed E-state index contributed by atoms with van der Waals surface area (Å²) in [4.78, 5) is 79.4. The molecule has 0 saturated heterocycles. The van der Waals surface area contributed by atoms with Crippen LogP contribution in [0.15, 0.2) is 106 Å². The van der Waals surface area contributed by atoms with Crippen LogP contribution < -0.4 is 27.8 Å². The summed E-state index contributed by atoms with van der Waals surface area (Å²) < 4.78 is 0. The number of ketones is 1. The number of primary amides is 2. The summed E-state index contributed by atoms with van der Waals surface area (Å²) in [6, 6.07) is 20.8. The highest BCUT2D eigenvalue weighted by molar-refractivity contribution is 6.17. The van der Waals surface area contributed by atoms with Crippen molar-refractivity contribution in [2.75, 3.05) is 10.6 Å². The Labute approximate surface area is 253 Å². The number of carbonyl (C=O) groups is 5. The Bertz CT molecular complexity index is 2020.